The maximum absolute atomic E-state index is 12.7. The van der Waals surface area contributed by atoms with E-state index >= 15 is 0 Å². The van der Waals surface area contributed by atoms with Gasteiger partial charge in [0.2, 0.25) is 0 Å². The number of nitrogens with one attached hydrogen (secondary N) is 2. The molecule has 3 rings (SSSR count). The van der Waals surface area contributed by atoms with Crippen LogP contribution in [-0.4, -0.2) is 42.5 Å². The third kappa shape index (κ3) is 4.17. The summed E-state index contributed by atoms with van der Waals surface area (Å²) < 4.78 is 0. The minimum absolute atomic E-state index is 0.159. The number of aromatic amines is 1. The number of aromatic nitrogens is 1. The molecule has 1 aromatic heterocycles. The zero-order valence-electron chi connectivity index (χ0n) is 14.6. The van der Waals surface area contributed by atoms with Crippen molar-refractivity contribution in [2.24, 2.45) is 5.92 Å². The van der Waals surface area contributed by atoms with Gasteiger partial charge in [0.05, 0.1) is 0 Å². The van der Waals surface area contributed by atoms with Crippen LogP contribution in [0.3, 0.4) is 0 Å². The van der Waals surface area contributed by atoms with E-state index in [2.05, 4.69) is 10.3 Å². The summed E-state index contributed by atoms with van der Waals surface area (Å²) in [5, 5.41) is 3.18. The molecule has 0 aliphatic carbocycles. The predicted molar refractivity (Wildman–Crippen MR) is 99.7 cm³/mol. The van der Waals surface area contributed by atoms with Gasteiger partial charge in [0, 0.05) is 18.8 Å². The molecule has 0 spiro atoms. The van der Waals surface area contributed by atoms with Crippen molar-refractivity contribution in [3.63, 3.8) is 0 Å². The zero-order chi connectivity index (χ0) is 17.6. The van der Waals surface area contributed by atoms with E-state index in [-0.39, 0.29) is 17.0 Å². The first-order valence-electron chi connectivity index (χ1n) is 8.91. The number of piperidine rings is 1. The van der Waals surface area contributed by atoms with Crippen molar-refractivity contribution in [2.45, 2.75) is 19.3 Å². The van der Waals surface area contributed by atoms with Gasteiger partial charge in [0.15, 0.2) is 0 Å². The van der Waals surface area contributed by atoms with Gasteiger partial charge in [-0.15, -0.1) is 0 Å². The lowest BCUT2D eigenvalue weighted by Gasteiger charge is -2.32. The van der Waals surface area contributed by atoms with Gasteiger partial charge in [-0.1, -0.05) is 30.3 Å². The summed E-state index contributed by atoms with van der Waals surface area (Å²) in [6.07, 6.45) is 3.16. The van der Waals surface area contributed by atoms with E-state index in [9.17, 15) is 9.59 Å². The van der Waals surface area contributed by atoms with Crippen LogP contribution in [0.25, 0.3) is 11.3 Å². The fourth-order valence-corrected chi connectivity index (χ4v) is 3.37. The highest BCUT2D eigenvalue weighted by Crippen LogP contribution is 2.21. The molecule has 1 aromatic carbocycles. The van der Waals surface area contributed by atoms with E-state index in [1.807, 2.05) is 48.3 Å². The molecule has 1 aliphatic rings. The number of hydrogen-bond donors (Lipinski definition) is 2. The molecule has 0 saturated carbocycles. The first-order valence-corrected chi connectivity index (χ1v) is 8.91. The molecule has 5 heteroatoms. The second-order valence-corrected chi connectivity index (χ2v) is 6.61. The Hall–Kier alpha value is -2.40. The van der Waals surface area contributed by atoms with Gasteiger partial charge in [-0.2, -0.15) is 0 Å². The number of carbonyl (C=O) groups is 1. The Labute approximate surface area is 148 Å². The standard InChI is InChI=1S/C20H25N3O2/c1-21-12-9-15-10-13-23(14-11-15)20(25)17-7-8-18(22-19(17)24)16-5-3-2-4-6-16/h2-8,15,21H,9-14H2,1H3,(H,22,24). The smallest absolute Gasteiger partial charge is 0.261 e. The van der Waals surface area contributed by atoms with E-state index in [1.165, 1.54) is 0 Å². The zero-order valence-corrected chi connectivity index (χ0v) is 14.6. The second-order valence-electron chi connectivity index (χ2n) is 6.61. The number of amides is 1. The monoisotopic (exact) mass is 339 g/mol. The van der Waals surface area contributed by atoms with Crippen LogP contribution in [0.2, 0.25) is 0 Å². The highest BCUT2D eigenvalue weighted by molar-refractivity contribution is 5.94. The summed E-state index contributed by atoms with van der Waals surface area (Å²) in [5.41, 5.74) is 1.58. The first-order chi connectivity index (χ1) is 12.2. The molecule has 5 nitrogen and oxygen atoms in total. The van der Waals surface area contributed by atoms with Crippen molar-refractivity contribution in [1.82, 2.24) is 15.2 Å². The first kappa shape index (κ1) is 17.4. The molecule has 0 unspecified atom stereocenters. The second kappa shape index (κ2) is 8.12. The highest BCUT2D eigenvalue weighted by Gasteiger charge is 2.24. The lowest BCUT2D eigenvalue weighted by molar-refractivity contribution is 0.0685. The van der Waals surface area contributed by atoms with Crippen molar-refractivity contribution < 1.29 is 4.79 Å². The third-order valence-corrected chi connectivity index (χ3v) is 4.93. The Morgan fingerprint density at radius 1 is 1.16 bits per heavy atom. The molecule has 1 amide bonds. The maximum Gasteiger partial charge on any atom is 0.261 e. The summed E-state index contributed by atoms with van der Waals surface area (Å²) in [4.78, 5) is 29.7. The molecule has 0 bridgehead atoms. The Bertz CT molecular complexity index is 762. The van der Waals surface area contributed by atoms with Crippen molar-refractivity contribution in [1.29, 1.82) is 0 Å². The molecule has 25 heavy (non-hydrogen) atoms. The topological polar surface area (TPSA) is 65.2 Å². The Balaban J connectivity index is 1.68. The van der Waals surface area contributed by atoms with E-state index in [0.29, 0.717) is 5.92 Å². The molecule has 0 radical (unpaired) electrons. The van der Waals surface area contributed by atoms with Gasteiger partial charge in [-0.3, -0.25) is 9.59 Å². The van der Waals surface area contributed by atoms with Gasteiger partial charge in [0.1, 0.15) is 5.56 Å². The van der Waals surface area contributed by atoms with Crippen LogP contribution in [0.4, 0.5) is 0 Å². The van der Waals surface area contributed by atoms with Crippen LogP contribution < -0.4 is 10.9 Å². The maximum atomic E-state index is 12.7. The number of benzene rings is 1. The van der Waals surface area contributed by atoms with E-state index in [1.54, 1.807) is 6.07 Å². The molecule has 1 aliphatic heterocycles. The largest absolute Gasteiger partial charge is 0.338 e. The SMILES string of the molecule is CNCCC1CCN(C(=O)c2ccc(-c3ccccc3)[nH]c2=O)CC1. The average molecular weight is 339 g/mol. The number of carbonyl (C=O) groups excluding carboxylic acids is 1. The van der Waals surface area contributed by atoms with Crippen LogP contribution in [0.1, 0.15) is 29.6 Å². The summed E-state index contributed by atoms with van der Waals surface area (Å²) in [5.74, 6) is 0.503. The summed E-state index contributed by atoms with van der Waals surface area (Å²) in [6.45, 7) is 2.47. The van der Waals surface area contributed by atoms with Crippen molar-refractivity contribution in [2.75, 3.05) is 26.7 Å². The molecule has 132 valence electrons. The fourth-order valence-electron chi connectivity index (χ4n) is 3.37. The van der Waals surface area contributed by atoms with Crippen LogP contribution in [0.5, 0.6) is 0 Å². The van der Waals surface area contributed by atoms with E-state index in [4.69, 9.17) is 0 Å². The van der Waals surface area contributed by atoms with Crippen LogP contribution in [0.15, 0.2) is 47.3 Å². The molecular formula is C20H25N3O2. The molecule has 0 atom stereocenters. The normalized spacial score (nSPS) is 15.3. The number of hydrogen-bond acceptors (Lipinski definition) is 3. The van der Waals surface area contributed by atoms with Crippen LogP contribution in [-0.2, 0) is 0 Å². The summed E-state index contributed by atoms with van der Waals surface area (Å²) in [6, 6.07) is 13.1. The van der Waals surface area contributed by atoms with Crippen molar-refractivity contribution >= 4 is 5.91 Å². The minimum atomic E-state index is -0.316. The van der Waals surface area contributed by atoms with Crippen LogP contribution in [0, 0.1) is 5.92 Å². The van der Waals surface area contributed by atoms with Crippen molar-refractivity contribution in [3.8, 4) is 11.3 Å². The van der Waals surface area contributed by atoms with Gasteiger partial charge < -0.3 is 15.2 Å². The predicted octanol–water partition coefficient (Wildman–Crippen LogP) is 2.50. The van der Waals surface area contributed by atoms with Gasteiger partial charge in [0.25, 0.3) is 11.5 Å². The molecule has 1 saturated heterocycles. The Kier molecular flexibility index (Phi) is 5.66. The lowest BCUT2D eigenvalue weighted by atomic mass is 9.93. The number of likely N-dealkylation sites (tertiary alicyclic amines) is 1. The van der Waals surface area contributed by atoms with Crippen LogP contribution >= 0.6 is 0 Å². The average Bonchev–Trinajstić information content (AvgIpc) is 2.67. The number of H-pyrrole nitrogens is 1. The van der Waals surface area contributed by atoms with Gasteiger partial charge in [-0.25, -0.2) is 0 Å². The van der Waals surface area contributed by atoms with E-state index in [0.717, 1.165) is 50.2 Å². The molecule has 2 aromatic rings. The highest BCUT2D eigenvalue weighted by atomic mass is 16.2. The molecule has 2 N–H and O–H groups in total. The van der Waals surface area contributed by atoms with Gasteiger partial charge >= 0.3 is 0 Å². The fraction of sp³-hybridized carbons (Fsp3) is 0.400. The number of nitrogens with zero attached hydrogens (tertiary/aromatic N) is 1. The quantitative estimate of drug-likeness (QED) is 0.880. The summed E-state index contributed by atoms with van der Waals surface area (Å²) >= 11 is 0. The van der Waals surface area contributed by atoms with Crippen molar-refractivity contribution in [3.05, 3.63) is 58.4 Å². The molecular weight excluding hydrogens is 314 g/mol. The lowest BCUT2D eigenvalue weighted by Crippen LogP contribution is -2.41. The van der Waals surface area contributed by atoms with Gasteiger partial charge in [-0.05, 0) is 56.5 Å². The number of rotatable bonds is 5. The number of pyridine rings is 1. The third-order valence-electron chi connectivity index (χ3n) is 4.93. The van der Waals surface area contributed by atoms with E-state index < -0.39 is 0 Å². The summed E-state index contributed by atoms with van der Waals surface area (Å²) in [7, 11) is 1.96. The minimum Gasteiger partial charge on any atom is -0.338 e. The molecule has 1 fully saturated rings. The Morgan fingerprint density at radius 2 is 1.88 bits per heavy atom. The Morgan fingerprint density at radius 3 is 2.52 bits per heavy atom. The molecule has 2 heterocycles.